The van der Waals surface area contributed by atoms with Crippen molar-refractivity contribution in [3.8, 4) is 0 Å². The van der Waals surface area contributed by atoms with E-state index in [1.807, 2.05) is 11.4 Å². The van der Waals surface area contributed by atoms with Gasteiger partial charge in [-0.3, -0.25) is 4.79 Å². The predicted molar refractivity (Wildman–Crippen MR) is 64.2 cm³/mol. The van der Waals surface area contributed by atoms with Crippen LogP contribution in [-0.2, 0) is 14.3 Å². The van der Waals surface area contributed by atoms with E-state index < -0.39 is 5.41 Å². The van der Waals surface area contributed by atoms with Crippen LogP contribution in [-0.4, -0.2) is 26.3 Å². The number of ether oxygens (including phenoxy) is 2. The number of esters is 1. The summed E-state index contributed by atoms with van der Waals surface area (Å²) in [5.41, 5.74) is 5.42. The van der Waals surface area contributed by atoms with Crippen molar-refractivity contribution < 1.29 is 14.3 Å². The van der Waals surface area contributed by atoms with Gasteiger partial charge in [0.2, 0.25) is 0 Å². The largest absolute Gasteiger partial charge is 0.468 e. The number of nitrogens with two attached hydrogens (primary N) is 1. The molecule has 2 heterocycles. The lowest BCUT2D eigenvalue weighted by Crippen LogP contribution is -2.56. The molecule has 6 heteroatoms. The van der Waals surface area contributed by atoms with Crippen LogP contribution in [0.25, 0.3) is 0 Å². The Bertz CT molecular complexity index is 403. The first kappa shape index (κ1) is 12.0. The van der Waals surface area contributed by atoms with E-state index in [1.165, 1.54) is 18.4 Å². The average molecular weight is 306 g/mol. The van der Waals surface area contributed by atoms with Crippen molar-refractivity contribution in [3.63, 3.8) is 0 Å². The van der Waals surface area contributed by atoms with E-state index in [2.05, 4.69) is 15.9 Å². The van der Waals surface area contributed by atoms with Crippen LogP contribution in [0.3, 0.4) is 0 Å². The summed E-state index contributed by atoms with van der Waals surface area (Å²) >= 11 is 4.90. The number of thiophene rings is 1. The molecule has 0 spiro atoms. The van der Waals surface area contributed by atoms with E-state index in [9.17, 15) is 4.79 Å². The van der Waals surface area contributed by atoms with Crippen LogP contribution in [0.2, 0.25) is 0 Å². The van der Waals surface area contributed by atoms with E-state index in [0.717, 1.165) is 9.35 Å². The number of carbonyl (C=O) groups excluding carboxylic acids is 1. The number of methoxy groups -OCH3 is 1. The molecule has 1 saturated heterocycles. The Morgan fingerprint density at radius 2 is 2.44 bits per heavy atom. The molecule has 1 aliphatic rings. The van der Waals surface area contributed by atoms with Crippen molar-refractivity contribution >= 4 is 33.2 Å². The van der Waals surface area contributed by atoms with E-state index in [0.29, 0.717) is 13.2 Å². The zero-order valence-electron chi connectivity index (χ0n) is 8.73. The number of carbonyl (C=O) groups is 1. The second kappa shape index (κ2) is 4.44. The van der Waals surface area contributed by atoms with Gasteiger partial charge in [0.15, 0.2) is 0 Å². The Hall–Kier alpha value is -0.430. The highest BCUT2D eigenvalue weighted by Gasteiger charge is 2.52. The lowest BCUT2D eigenvalue weighted by Gasteiger charge is -2.42. The van der Waals surface area contributed by atoms with Crippen LogP contribution in [0.4, 0.5) is 0 Å². The van der Waals surface area contributed by atoms with E-state index >= 15 is 0 Å². The van der Waals surface area contributed by atoms with Crippen LogP contribution >= 0.6 is 27.3 Å². The fraction of sp³-hybridized carbons (Fsp3) is 0.500. The molecule has 0 aliphatic carbocycles. The molecule has 0 radical (unpaired) electrons. The summed E-state index contributed by atoms with van der Waals surface area (Å²) < 4.78 is 10.9. The van der Waals surface area contributed by atoms with E-state index in [-0.39, 0.29) is 12.0 Å². The maximum absolute atomic E-state index is 11.7. The summed E-state index contributed by atoms with van der Waals surface area (Å²) in [5.74, 6) is -0.296. The third-order valence-corrected chi connectivity index (χ3v) is 4.58. The number of rotatable bonds is 3. The summed E-state index contributed by atoms with van der Waals surface area (Å²) in [6.45, 7) is 0.659. The molecule has 0 bridgehead atoms. The molecule has 0 saturated carbocycles. The quantitative estimate of drug-likeness (QED) is 0.864. The third-order valence-electron chi connectivity index (χ3n) is 2.80. The van der Waals surface area contributed by atoms with Gasteiger partial charge in [-0.05, 0) is 22.0 Å². The van der Waals surface area contributed by atoms with Crippen LogP contribution in [0, 0.1) is 5.41 Å². The lowest BCUT2D eigenvalue weighted by atomic mass is 9.78. The molecule has 16 heavy (non-hydrogen) atoms. The molecule has 1 aromatic heterocycles. The maximum Gasteiger partial charge on any atom is 0.318 e. The molecule has 4 nitrogen and oxygen atoms in total. The number of hydrogen-bond acceptors (Lipinski definition) is 5. The second-order valence-electron chi connectivity index (χ2n) is 3.79. The Kier molecular flexibility index (Phi) is 3.34. The highest BCUT2D eigenvalue weighted by molar-refractivity contribution is 9.10. The van der Waals surface area contributed by atoms with Crippen molar-refractivity contribution in [1.82, 2.24) is 0 Å². The van der Waals surface area contributed by atoms with Gasteiger partial charge < -0.3 is 15.2 Å². The molecule has 1 fully saturated rings. The van der Waals surface area contributed by atoms with Gasteiger partial charge in [0.05, 0.1) is 26.4 Å². The minimum atomic E-state index is -0.709. The van der Waals surface area contributed by atoms with E-state index in [4.69, 9.17) is 15.2 Å². The summed E-state index contributed by atoms with van der Waals surface area (Å²) in [6.07, 6.45) is 0. The van der Waals surface area contributed by atoms with Gasteiger partial charge in [-0.1, -0.05) is 0 Å². The Morgan fingerprint density at radius 3 is 2.81 bits per heavy atom. The Morgan fingerprint density at radius 1 is 1.75 bits per heavy atom. The minimum absolute atomic E-state index is 0.296. The summed E-state index contributed by atoms with van der Waals surface area (Å²) in [7, 11) is 1.37. The second-order valence-corrected chi connectivity index (χ2v) is 5.64. The predicted octanol–water partition coefficient (Wildman–Crippen LogP) is 1.70. The SMILES string of the molecule is COC(=O)C1(C(N)c2cc(Br)cs2)COC1. The van der Waals surface area contributed by atoms with Crippen molar-refractivity contribution in [3.05, 3.63) is 20.8 Å². The summed E-state index contributed by atoms with van der Waals surface area (Å²) in [4.78, 5) is 12.7. The zero-order chi connectivity index (χ0) is 11.8. The first-order valence-corrected chi connectivity index (χ1v) is 6.43. The number of hydrogen-bond donors (Lipinski definition) is 1. The maximum atomic E-state index is 11.7. The van der Waals surface area contributed by atoms with Crippen LogP contribution < -0.4 is 5.73 Å². The molecule has 0 aromatic carbocycles. The summed E-state index contributed by atoms with van der Waals surface area (Å²) in [5, 5.41) is 1.94. The minimum Gasteiger partial charge on any atom is -0.468 e. The van der Waals surface area contributed by atoms with Crippen LogP contribution in [0.1, 0.15) is 10.9 Å². The highest BCUT2D eigenvalue weighted by Crippen LogP contribution is 2.42. The van der Waals surface area contributed by atoms with Gasteiger partial charge in [-0.2, -0.15) is 0 Å². The van der Waals surface area contributed by atoms with Gasteiger partial charge in [0.1, 0.15) is 5.41 Å². The molecule has 1 aromatic rings. The molecule has 1 atom stereocenters. The van der Waals surface area contributed by atoms with Crippen molar-refractivity contribution in [2.45, 2.75) is 6.04 Å². The molecule has 2 rings (SSSR count). The molecule has 0 amide bonds. The van der Waals surface area contributed by atoms with Gasteiger partial charge in [-0.15, -0.1) is 11.3 Å². The fourth-order valence-electron chi connectivity index (χ4n) is 1.71. The van der Waals surface area contributed by atoms with Crippen molar-refractivity contribution in [1.29, 1.82) is 0 Å². The van der Waals surface area contributed by atoms with Gasteiger partial charge in [-0.25, -0.2) is 0 Å². The van der Waals surface area contributed by atoms with Gasteiger partial charge in [0, 0.05) is 14.7 Å². The molecule has 88 valence electrons. The summed E-state index contributed by atoms with van der Waals surface area (Å²) in [6, 6.07) is 1.56. The molecule has 1 unspecified atom stereocenters. The van der Waals surface area contributed by atoms with Crippen LogP contribution in [0.5, 0.6) is 0 Å². The average Bonchev–Trinajstić information content (AvgIpc) is 2.62. The smallest absolute Gasteiger partial charge is 0.318 e. The molecule has 2 N–H and O–H groups in total. The monoisotopic (exact) mass is 305 g/mol. The first-order valence-electron chi connectivity index (χ1n) is 4.76. The standard InChI is InChI=1S/C10H12BrNO3S/c1-14-9(13)10(4-15-5-10)8(12)7-2-6(11)3-16-7/h2-3,8H,4-5,12H2,1H3. The van der Waals surface area contributed by atoms with Crippen molar-refractivity contribution in [2.24, 2.45) is 11.1 Å². The first-order chi connectivity index (χ1) is 7.60. The lowest BCUT2D eigenvalue weighted by molar-refractivity contribution is -0.188. The molecular weight excluding hydrogens is 294 g/mol. The Labute approximate surface area is 106 Å². The van der Waals surface area contributed by atoms with Crippen molar-refractivity contribution in [2.75, 3.05) is 20.3 Å². The number of halogens is 1. The molecular formula is C10H12BrNO3S. The van der Waals surface area contributed by atoms with Gasteiger partial charge >= 0.3 is 5.97 Å². The third kappa shape index (κ3) is 1.79. The normalized spacial score (nSPS) is 19.9. The fourth-order valence-corrected chi connectivity index (χ4v) is 3.28. The molecule has 1 aliphatic heterocycles. The Balaban J connectivity index is 2.25. The van der Waals surface area contributed by atoms with Gasteiger partial charge in [0.25, 0.3) is 0 Å². The zero-order valence-corrected chi connectivity index (χ0v) is 11.1. The topological polar surface area (TPSA) is 61.5 Å². The van der Waals surface area contributed by atoms with Crippen LogP contribution in [0.15, 0.2) is 15.9 Å². The van der Waals surface area contributed by atoms with E-state index in [1.54, 1.807) is 0 Å². The highest BCUT2D eigenvalue weighted by atomic mass is 79.9.